The molecule has 0 radical (unpaired) electrons. The molecule has 0 aliphatic carbocycles. The van der Waals surface area contributed by atoms with Crippen LogP contribution in [0.4, 0.5) is 0 Å². The summed E-state index contributed by atoms with van der Waals surface area (Å²) in [5, 5.41) is 1.58. The van der Waals surface area contributed by atoms with E-state index in [4.69, 9.17) is 22.1 Å². The first-order valence-electron chi connectivity index (χ1n) is 8.39. The molecule has 3 aromatic rings. The number of hydrogen-bond donors (Lipinski definition) is 2. The van der Waals surface area contributed by atoms with Crippen LogP contribution in [0.3, 0.4) is 0 Å². The number of Topliss-reactive ketones (excluding diaryl/α,β-unsaturated/α-hetero) is 1. The lowest BCUT2D eigenvalue weighted by Gasteiger charge is -2.24. The smallest absolute Gasteiger partial charge is 0.230 e. The highest BCUT2D eigenvalue weighted by atomic mass is 35.5. The van der Waals surface area contributed by atoms with Crippen LogP contribution >= 0.6 is 11.6 Å². The molecule has 0 spiro atoms. The number of carbonyl (C=O) groups excluding carboxylic acids is 1. The van der Waals surface area contributed by atoms with Crippen molar-refractivity contribution in [1.82, 2.24) is 4.98 Å². The summed E-state index contributed by atoms with van der Waals surface area (Å²) < 4.78 is 6.16. The van der Waals surface area contributed by atoms with E-state index in [-0.39, 0.29) is 11.5 Å². The van der Waals surface area contributed by atoms with Gasteiger partial charge in [0.15, 0.2) is 11.4 Å². The Labute approximate surface area is 156 Å². The third kappa shape index (κ3) is 2.49. The minimum atomic E-state index is -1.13. The van der Waals surface area contributed by atoms with Crippen LogP contribution in [0.15, 0.2) is 48.2 Å². The Morgan fingerprint density at radius 1 is 1.08 bits per heavy atom. The number of hydrogen-bond acceptors (Lipinski definition) is 3. The topological polar surface area (TPSA) is 68.1 Å². The quantitative estimate of drug-likeness (QED) is 0.697. The normalized spacial score (nSPS) is 20.1. The summed E-state index contributed by atoms with van der Waals surface area (Å²) >= 11 is 6.06. The van der Waals surface area contributed by atoms with Crippen LogP contribution in [-0.2, 0) is 15.1 Å². The van der Waals surface area contributed by atoms with Crippen molar-refractivity contribution in [3.05, 3.63) is 75.6 Å². The number of ketones is 1. The molecule has 2 heterocycles. The van der Waals surface area contributed by atoms with Gasteiger partial charge in [-0.25, -0.2) is 0 Å². The summed E-state index contributed by atoms with van der Waals surface area (Å²) in [6.07, 6.45) is 0. The maximum Gasteiger partial charge on any atom is 0.230 e. The molecule has 4 rings (SSSR count). The molecule has 1 aliphatic rings. The molecule has 1 aromatic heterocycles. The summed E-state index contributed by atoms with van der Waals surface area (Å²) in [6.45, 7) is 5.76. The Bertz CT molecular complexity index is 1080. The fraction of sp³-hybridized carbons (Fsp3) is 0.190. The summed E-state index contributed by atoms with van der Waals surface area (Å²) in [7, 11) is 0. The van der Waals surface area contributed by atoms with Crippen molar-refractivity contribution in [2.75, 3.05) is 0 Å². The molecule has 2 aromatic carbocycles. The molecule has 0 amide bonds. The highest BCUT2D eigenvalue weighted by molar-refractivity contribution is 6.31. The summed E-state index contributed by atoms with van der Waals surface area (Å²) in [5.74, 6) is 0.151. The number of nitrogens with two attached hydrogens (primary N) is 1. The molecule has 132 valence electrons. The zero-order valence-electron chi connectivity index (χ0n) is 14.8. The second kappa shape index (κ2) is 5.64. The van der Waals surface area contributed by atoms with Gasteiger partial charge in [0, 0.05) is 21.5 Å². The fourth-order valence-corrected chi connectivity index (χ4v) is 3.71. The van der Waals surface area contributed by atoms with Gasteiger partial charge in [-0.15, -0.1) is 0 Å². The lowest BCUT2D eigenvalue weighted by Crippen LogP contribution is -2.32. The van der Waals surface area contributed by atoms with Crippen LogP contribution in [-0.4, -0.2) is 10.8 Å². The van der Waals surface area contributed by atoms with E-state index in [0.29, 0.717) is 16.5 Å². The molecule has 1 unspecified atom stereocenters. The largest absolute Gasteiger partial charge is 0.470 e. The summed E-state index contributed by atoms with van der Waals surface area (Å²) in [4.78, 5) is 16.2. The minimum absolute atomic E-state index is 0.129. The van der Waals surface area contributed by atoms with Gasteiger partial charge in [-0.2, -0.15) is 0 Å². The summed E-state index contributed by atoms with van der Waals surface area (Å²) in [6, 6.07) is 13.4. The molecule has 3 N–H and O–H groups in total. The average Bonchev–Trinajstić information content (AvgIpc) is 3.09. The Morgan fingerprint density at radius 2 is 1.77 bits per heavy atom. The van der Waals surface area contributed by atoms with Crippen molar-refractivity contribution in [3.8, 4) is 0 Å². The van der Waals surface area contributed by atoms with Gasteiger partial charge in [0.1, 0.15) is 5.70 Å². The molecule has 0 bridgehead atoms. The average molecular weight is 367 g/mol. The maximum absolute atomic E-state index is 13.0. The predicted octanol–water partition coefficient (Wildman–Crippen LogP) is 4.58. The van der Waals surface area contributed by atoms with Crippen LogP contribution in [0.1, 0.15) is 29.3 Å². The monoisotopic (exact) mass is 366 g/mol. The van der Waals surface area contributed by atoms with Crippen LogP contribution in [0.5, 0.6) is 0 Å². The molecule has 0 fully saturated rings. The van der Waals surface area contributed by atoms with Gasteiger partial charge in [0.05, 0.1) is 5.69 Å². The Hall–Kier alpha value is -2.72. The molecule has 1 aliphatic heterocycles. The van der Waals surface area contributed by atoms with Crippen molar-refractivity contribution < 1.29 is 9.53 Å². The van der Waals surface area contributed by atoms with Crippen molar-refractivity contribution in [1.29, 1.82) is 0 Å². The molecule has 1 atom stereocenters. The van der Waals surface area contributed by atoms with Gasteiger partial charge in [-0.05, 0) is 45.0 Å². The van der Waals surface area contributed by atoms with Gasteiger partial charge < -0.3 is 15.5 Å². The van der Waals surface area contributed by atoms with E-state index < -0.39 is 5.60 Å². The first kappa shape index (κ1) is 16.7. The van der Waals surface area contributed by atoms with E-state index in [1.54, 1.807) is 6.92 Å². The Morgan fingerprint density at radius 3 is 2.46 bits per heavy atom. The Balaban J connectivity index is 1.79. The maximum atomic E-state index is 13.0. The number of aryl methyl sites for hydroxylation is 2. The number of rotatable bonds is 2. The van der Waals surface area contributed by atoms with Crippen molar-refractivity contribution in [3.63, 3.8) is 0 Å². The minimum Gasteiger partial charge on any atom is -0.470 e. The van der Waals surface area contributed by atoms with Crippen molar-refractivity contribution >= 4 is 34.0 Å². The number of aromatic nitrogens is 1. The predicted molar refractivity (Wildman–Crippen MR) is 104 cm³/mol. The third-order valence-corrected chi connectivity index (χ3v) is 5.06. The van der Waals surface area contributed by atoms with Crippen LogP contribution in [0, 0.1) is 13.8 Å². The first-order chi connectivity index (χ1) is 12.3. The van der Waals surface area contributed by atoms with E-state index in [1.165, 1.54) is 0 Å². The van der Waals surface area contributed by atoms with E-state index in [0.717, 1.165) is 27.6 Å². The number of halogens is 1. The molecular weight excluding hydrogens is 348 g/mol. The number of ether oxygens (including phenoxy) is 1. The standard InChI is InChI=1S/C21H19ClN2O2/c1-11-6-12(2)8-14(7-11)21(3)20(25)18(23)19(26-21)17-10-13-9-15(22)4-5-16(13)24-17/h4-10,24H,23H2,1-3H3. The lowest BCUT2D eigenvalue weighted by atomic mass is 9.89. The second-order valence-corrected chi connectivity index (χ2v) is 7.43. The lowest BCUT2D eigenvalue weighted by molar-refractivity contribution is -0.128. The van der Waals surface area contributed by atoms with Gasteiger partial charge in [-0.3, -0.25) is 4.79 Å². The molecular formula is C21H19ClN2O2. The van der Waals surface area contributed by atoms with Crippen molar-refractivity contribution in [2.45, 2.75) is 26.4 Å². The molecule has 0 saturated carbocycles. The highest BCUT2D eigenvalue weighted by Crippen LogP contribution is 2.42. The van der Waals surface area contributed by atoms with E-state index >= 15 is 0 Å². The molecule has 4 nitrogen and oxygen atoms in total. The summed E-state index contributed by atoms with van der Waals surface area (Å²) in [5.41, 5.74) is 9.67. The highest BCUT2D eigenvalue weighted by Gasteiger charge is 2.47. The van der Waals surface area contributed by atoms with E-state index in [9.17, 15) is 4.79 Å². The van der Waals surface area contributed by atoms with Gasteiger partial charge in [0.25, 0.3) is 0 Å². The molecule has 26 heavy (non-hydrogen) atoms. The fourth-order valence-electron chi connectivity index (χ4n) is 3.53. The van der Waals surface area contributed by atoms with Crippen LogP contribution < -0.4 is 5.73 Å². The number of benzene rings is 2. The molecule has 0 saturated heterocycles. The Kier molecular flexibility index (Phi) is 3.63. The zero-order valence-corrected chi connectivity index (χ0v) is 15.6. The second-order valence-electron chi connectivity index (χ2n) is 7.00. The first-order valence-corrected chi connectivity index (χ1v) is 8.77. The van der Waals surface area contributed by atoms with Crippen LogP contribution in [0.25, 0.3) is 16.7 Å². The van der Waals surface area contributed by atoms with E-state index in [1.807, 2.05) is 50.2 Å². The van der Waals surface area contributed by atoms with Gasteiger partial charge >= 0.3 is 0 Å². The van der Waals surface area contributed by atoms with Crippen LogP contribution in [0.2, 0.25) is 5.02 Å². The number of nitrogens with one attached hydrogen (secondary N) is 1. The van der Waals surface area contributed by atoms with E-state index in [2.05, 4.69) is 11.1 Å². The third-order valence-electron chi connectivity index (χ3n) is 4.83. The number of H-pyrrole nitrogens is 1. The molecule has 5 heteroatoms. The zero-order chi connectivity index (χ0) is 18.6. The number of fused-ring (bicyclic) bond motifs is 1. The van der Waals surface area contributed by atoms with Gasteiger partial charge in [0.2, 0.25) is 5.78 Å². The number of carbonyl (C=O) groups is 1. The SMILES string of the molecule is Cc1cc(C)cc(C2(C)OC(c3cc4cc(Cl)ccc4[nH]3)=C(N)C2=O)c1. The number of aromatic amines is 1. The van der Waals surface area contributed by atoms with Crippen molar-refractivity contribution in [2.24, 2.45) is 5.73 Å². The van der Waals surface area contributed by atoms with Gasteiger partial charge in [-0.1, -0.05) is 40.9 Å².